The Hall–Kier alpha value is -2.07. The molecular weight excluding hydrogens is 262 g/mol. The molecule has 5 rings (SSSR count). The van der Waals surface area contributed by atoms with E-state index >= 15 is 0 Å². The average Bonchev–Trinajstić information content (AvgIpc) is 2.54. The molecule has 4 heteroatoms. The molecule has 1 aromatic heterocycles. The van der Waals surface area contributed by atoms with Crippen LogP contribution in [0.5, 0.6) is 5.75 Å². The van der Waals surface area contributed by atoms with Crippen LogP contribution in [-0.2, 0) is 0 Å². The second-order valence-corrected chi connectivity index (χ2v) is 5.74. The average molecular weight is 281 g/mol. The number of nitrogens with zero attached hydrogens (tertiary/aromatic N) is 3. The number of anilines is 1. The second-order valence-electron chi connectivity index (χ2n) is 5.74. The zero-order valence-corrected chi connectivity index (χ0v) is 12.2. The monoisotopic (exact) mass is 281 g/mol. The van der Waals surface area contributed by atoms with E-state index in [1.807, 2.05) is 30.6 Å². The third kappa shape index (κ3) is 2.16. The number of ether oxygens (including phenoxy) is 1. The summed E-state index contributed by atoms with van der Waals surface area (Å²) in [5, 5.41) is 0. The standard InChI is InChI=1S/C17H19N3O/c1-21-17-5-3-2-4-16(17)13-8-14(10-18-9-13)20-7-6-19-11-15(20)12-19/h2-5,8-10,15H,6-7,11-12H2,1H3. The van der Waals surface area contributed by atoms with Crippen molar-refractivity contribution in [3.05, 3.63) is 42.7 Å². The van der Waals surface area contributed by atoms with Crippen LogP contribution in [0.4, 0.5) is 5.69 Å². The Morgan fingerprint density at radius 2 is 2.00 bits per heavy atom. The highest BCUT2D eigenvalue weighted by Gasteiger charge is 2.36. The van der Waals surface area contributed by atoms with Crippen LogP contribution in [0.1, 0.15) is 0 Å². The topological polar surface area (TPSA) is 28.6 Å². The van der Waals surface area contributed by atoms with Crippen molar-refractivity contribution in [2.75, 3.05) is 38.2 Å². The van der Waals surface area contributed by atoms with Crippen LogP contribution in [0.2, 0.25) is 0 Å². The fourth-order valence-electron chi connectivity index (χ4n) is 3.31. The number of benzene rings is 1. The fraction of sp³-hybridized carbons (Fsp3) is 0.353. The molecule has 0 aliphatic carbocycles. The summed E-state index contributed by atoms with van der Waals surface area (Å²) in [4.78, 5) is 9.44. The van der Waals surface area contributed by atoms with Gasteiger partial charge in [0.15, 0.2) is 0 Å². The highest BCUT2D eigenvalue weighted by atomic mass is 16.5. The summed E-state index contributed by atoms with van der Waals surface area (Å²) in [6, 6.07) is 11.0. The van der Waals surface area contributed by atoms with Gasteiger partial charge in [0.05, 0.1) is 25.0 Å². The van der Waals surface area contributed by atoms with Gasteiger partial charge in [-0.05, 0) is 12.1 Å². The normalized spacial score (nSPS) is 23.6. The SMILES string of the molecule is COc1ccccc1-c1cncc(N2CCN3CC2C3)c1. The van der Waals surface area contributed by atoms with Crippen LogP contribution in [-0.4, -0.2) is 49.2 Å². The fourth-order valence-corrected chi connectivity index (χ4v) is 3.31. The molecule has 3 aliphatic rings. The predicted molar refractivity (Wildman–Crippen MR) is 83.8 cm³/mol. The highest BCUT2D eigenvalue weighted by molar-refractivity contribution is 5.72. The molecule has 3 fully saturated rings. The number of hydrogen-bond acceptors (Lipinski definition) is 4. The maximum absolute atomic E-state index is 5.47. The molecule has 0 N–H and O–H groups in total. The molecule has 21 heavy (non-hydrogen) atoms. The van der Waals surface area contributed by atoms with Crippen molar-refractivity contribution in [3.63, 3.8) is 0 Å². The van der Waals surface area contributed by atoms with Gasteiger partial charge >= 0.3 is 0 Å². The maximum Gasteiger partial charge on any atom is 0.126 e. The lowest BCUT2D eigenvalue weighted by molar-refractivity contribution is 0.110. The van der Waals surface area contributed by atoms with E-state index in [1.54, 1.807) is 7.11 Å². The molecule has 4 nitrogen and oxygen atoms in total. The number of hydrogen-bond donors (Lipinski definition) is 0. The number of pyridine rings is 1. The van der Waals surface area contributed by atoms with Gasteiger partial charge < -0.3 is 9.64 Å². The van der Waals surface area contributed by atoms with Gasteiger partial charge in [-0.2, -0.15) is 0 Å². The summed E-state index contributed by atoms with van der Waals surface area (Å²) in [5.41, 5.74) is 3.44. The zero-order chi connectivity index (χ0) is 14.2. The van der Waals surface area contributed by atoms with Gasteiger partial charge in [0.1, 0.15) is 5.75 Å². The maximum atomic E-state index is 5.47. The largest absolute Gasteiger partial charge is 0.496 e. The number of para-hydroxylation sites is 1. The van der Waals surface area contributed by atoms with E-state index in [0.29, 0.717) is 6.04 Å². The minimum absolute atomic E-state index is 0.661. The van der Waals surface area contributed by atoms with Crippen molar-refractivity contribution >= 4 is 5.69 Å². The van der Waals surface area contributed by atoms with E-state index in [2.05, 4.69) is 26.9 Å². The molecule has 0 unspecified atom stereocenters. The van der Waals surface area contributed by atoms with E-state index in [1.165, 1.54) is 18.8 Å². The first-order chi connectivity index (χ1) is 10.3. The van der Waals surface area contributed by atoms with Gasteiger partial charge in [-0.1, -0.05) is 18.2 Å². The quantitative estimate of drug-likeness (QED) is 0.863. The smallest absolute Gasteiger partial charge is 0.126 e. The minimum atomic E-state index is 0.661. The summed E-state index contributed by atoms with van der Waals surface area (Å²) in [5.74, 6) is 0.893. The summed E-state index contributed by atoms with van der Waals surface area (Å²) in [6.45, 7) is 4.65. The Morgan fingerprint density at radius 3 is 2.76 bits per heavy atom. The van der Waals surface area contributed by atoms with Gasteiger partial charge in [-0.3, -0.25) is 9.88 Å². The predicted octanol–water partition coefficient (Wildman–Crippen LogP) is 2.26. The lowest BCUT2D eigenvalue weighted by Crippen LogP contribution is -2.66. The van der Waals surface area contributed by atoms with E-state index < -0.39 is 0 Å². The van der Waals surface area contributed by atoms with Crippen LogP contribution < -0.4 is 9.64 Å². The van der Waals surface area contributed by atoms with Crippen molar-refractivity contribution in [3.8, 4) is 16.9 Å². The summed E-state index contributed by atoms with van der Waals surface area (Å²) >= 11 is 0. The van der Waals surface area contributed by atoms with Crippen LogP contribution in [0.3, 0.4) is 0 Å². The van der Waals surface area contributed by atoms with Gasteiger partial charge in [0.2, 0.25) is 0 Å². The molecule has 4 heterocycles. The highest BCUT2D eigenvalue weighted by Crippen LogP contribution is 2.33. The molecule has 2 aromatic rings. The summed E-state index contributed by atoms with van der Waals surface area (Å²) in [7, 11) is 1.71. The van der Waals surface area contributed by atoms with Crippen molar-refractivity contribution in [1.82, 2.24) is 9.88 Å². The molecule has 3 saturated heterocycles. The first-order valence-corrected chi connectivity index (χ1v) is 7.42. The van der Waals surface area contributed by atoms with Crippen LogP contribution >= 0.6 is 0 Å². The lowest BCUT2D eigenvalue weighted by Gasteiger charge is -2.52. The molecule has 0 saturated carbocycles. The first kappa shape index (κ1) is 12.7. The number of piperazine rings is 2. The Morgan fingerprint density at radius 1 is 1.14 bits per heavy atom. The molecule has 0 spiro atoms. The van der Waals surface area contributed by atoms with Crippen LogP contribution in [0.25, 0.3) is 11.1 Å². The first-order valence-electron chi connectivity index (χ1n) is 7.42. The Balaban J connectivity index is 1.69. The zero-order valence-electron chi connectivity index (χ0n) is 12.2. The van der Waals surface area contributed by atoms with Crippen molar-refractivity contribution < 1.29 is 4.74 Å². The molecule has 3 aliphatic heterocycles. The number of fused-ring (bicyclic) bond motifs is 2. The summed E-state index contributed by atoms with van der Waals surface area (Å²) < 4.78 is 5.47. The third-order valence-corrected chi connectivity index (χ3v) is 4.51. The van der Waals surface area contributed by atoms with Gasteiger partial charge in [0, 0.05) is 43.5 Å². The van der Waals surface area contributed by atoms with Crippen molar-refractivity contribution in [1.29, 1.82) is 0 Å². The molecule has 1 aromatic carbocycles. The molecule has 108 valence electrons. The van der Waals surface area contributed by atoms with Gasteiger partial charge in [0.25, 0.3) is 0 Å². The molecular formula is C17H19N3O. The van der Waals surface area contributed by atoms with E-state index in [9.17, 15) is 0 Å². The minimum Gasteiger partial charge on any atom is -0.496 e. The molecule has 2 bridgehead atoms. The number of aromatic nitrogens is 1. The molecule has 0 radical (unpaired) electrons. The van der Waals surface area contributed by atoms with Gasteiger partial charge in [-0.15, -0.1) is 0 Å². The Labute approximate surface area is 125 Å². The van der Waals surface area contributed by atoms with E-state index in [-0.39, 0.29) is 0 Å². The second kappa shape index (κ2) is 5.04. The number of methoxy groups -OCH3 is 1. The number of rotatable bonds is 3. The van der Waals surface area contributed by atoms with Crippen LogP contribution in [0, 0.1) is 0 Å². The Kier molecular flexibility index (Phi) is 3.04. The molecule has 0 atom stereocenters. The van der Waals surface area contributed by atoms with Gasteiger partial charge in [-0.25, -0.2) is 0 Å². The molecule has 0 amide bonds. The van der Waals surface area contributed by atoms with Crippen LogP contribution in [0.15, 0.2) is 42.7 Å². The Bertz CT molecular complexity index is 649. The lowest BCUT2D eigenvalue weighted by atomic mass is 10.0. The van der Waals surface area contributed by atoms with E-state index in [0.717, 1.165) is 30.0 Å². The summed E-state index contributed by atoms with van der Waals surface area (Å²) in [6.07, 6.45) is 3.89. The third-order valence-electron chi connectivity index (χ3n) is 4.51. The van der Waals surface area contributed by atoms with Crippen molar-refractivity contribution in [2.45, 2.75) is 6.04 Å². The van der Waals surface area contributed by atoms with Crippen molar-refractivity contribution in [2.24, 2.45) is 0 Å². The van der Waals surface area contributed by atoms with E-state index in [4.69, 9.17) is 4.74 Å².